The van der Waals surface area contributed by atoms with Crippen molar-refractivity contribution in [3.63, 3.8) is 0 Å². The topological polar surface area (TPSA) is 3.24 Å². The van der Waals surface area contributed by atoms with Gasteiger partial charge in [-0.1, -0.05) is 25.0 Å². The van der Waals surface area contributed by atoms with E-state index in [0.29, 0.717) is 0 Å². The van der Waals surface area contributed by atoms with Crippen molar-refractivity contribution in [1.29, 1.82) is 0 Å². The van der Waals surface area contributed by atoms with Crippen molar-refractivity contribution in [3.8, 4) is 0 Å². The zero-order chi connectivity index (χ0) is 12.1. The van der Waals surface area contributed by atoms with E-state index < -0.39 is 0 Å². The summed E-state index contributed by atoms with van der Waals surface area (Å²) in [6, 6.07) is 0.807. The quantitative estimate of drug-likeness (QED) is 0.748. The molecule has 0 spiro atoms. The van der Waals surface area contributed by atoms with E-state index in [-0.39, 0.29) is 9.45 Å². The van der Waals surface area contributed by atoms with E-state index in [2.05, 4.69) is 32.1 Å². The van der Waals surface area contributed by atoms with Gasteiger partial charge in [0, 0.05) is 11.9 Å². The van der Waals surface area contributed by atoms with Crippen LogP contribution < -0.4 is 0 Å². The lowest BCUT2D eigenvalue weighted by Crippen LogP contribution is -2.37. The number of rotatable bonds is 5. The number of nitrogens with zero attached hydrogens (tertiary/aromatic N) is 1. The predicted octanol–water partition coefficient (Wildman–Crippen LogP) is 3.19. The first kappa shape index (κ1) is 14.6. The summed E-state index contributed by atoms with van der Waals surface area (Å²) >= 11 is 5.29. The summed E-state index contributed by atoms with van der Waals surface area (Å²) in [7, 11) is 2.40. The van der Waals surface area contributed by atoms with Gasteiger partial charge in [0.15, 0.2) is 0 Å². The van der Waals surface area contributed by atoms with Crippen LogP contribution in [0.1, 0.15) is 46.0 Å². The van der Waals surface area contributed by atoms with E-state index in [1.54, 1.807) is 0 Å². The molecule has 1 saturated carbocycles. The van der Waals surface area contributed by atoms with Gasteiger partial charge in [0.2, 0.25) is 0 Å². The van der Waals surface area contributed by atoms with Crippen LogP contribution in [0.3, 0.4) is 0 Å². The summed E-state index contributed by atoms with van der Waals surface area (Å²) in [5.41, 5.74) is 0. The highest BCUT2D eigenvalue weighted by atomic mass is 32.8. The normalized spacial score (nSPS) is 28.6. The van der Waals surface area contributed by atoms with Crippen LogP contribution >= 0.6 is 0 Å². The van der Waals surface area contributed by atoms with Gasteiger partial charge in [-0.25, -0.2) is 0 Å². The standard InChI is InChI=1S/C13H27NS2/c1-11(2)9-12-5-7-13(8-6-12)14(3)10-16(4)15/h11-13H,5-10H2,1-4H3/t12-,13-,16?. The molecule has 1 rings (SSSR count). The monoisotopic (exact) mass is 261 g/mol. The predicted molar refractivity (Wildman–Crippen MR) is 78.5 cm³/mol. The molecule has 0 N–H and O–H groups in total. The SMILES string of the molecule is CC(C)C[C@H]1CC[C@H](N(C)CS(C)=S)CC1. The number of hydrogen-bond acceptors (Lipinski definition) is 2. The molecule has 0 heterocycles. The lowest BCUT2D eigenvalue weighted by Gasteiger charge is -2.35. The second kappa shape index (κ2) is 7.07. The Hall–Kier alpha value is 0.530. The molecule has 1 fully saturated rings. The smallest absolute Gasteiger partial charge is 0.0487 e. The van der Waals surface area contributed by atoms with Crippen molar-refractivity contribution < 1.29 is 0 Å². The van der Waals surface area contributed by atoms with Crippen LogP contribution in [-0.4, -0.2) is 30.1 Å². The molecule has 16 heavy (non-hydrogen) atoms. The lowest BCUT2D eigenvalue weighted by atomic mass is 9.81. The maximum Gasteiger partial charge on any atom is 0.0487 e. The third-order valence-corrected chi connectivity index (χ3v) is 4.72. The molecule has 1 aliphatic carbocycles. The zero-order valence-electron chi connectivity index (χ0n) is 11.2. The van der Waals surface area contributed by atoms with Gasteiger partial charge in [0.05, 0.1) is 0 Å². The molecule has 0 aromatic heterocycles. The van der Waals surface area contributed by atoms with E-state index in [1.165, 1.54) is 32.1 Å². The minimum absolute atomic E-state index is 0.144. The molecule has 0 bridgehead atoms. The molecule has 1 aliphatic rings. The Morgan fingerprint density at radius 2 is 1.81 bits per heavy atom. The molecule has 0 aliphatic heterocycles. The van der Waals surface area contributed by atoms with Gasteiger partial charge in [-0.3, -0.25) is 4.90 Å². The maximum absolute atomic E-state index is 5.29. The van der Waals surface area contributed by atoms with E-state index in [1.807, 2.05) is 0 Å². The Bertz CT molecular complexity index is 220. The van der Waals surface area contributed by atoms with E-state index in [0.717, 1.165) is 23.8 Å². The zero-order valence-corrected chi connectivity index (χ0v) is 12.9. The fourth-order valence-corrected chi connectivity index (χ4v) is 4.16. The molecule has 96 valence electrons. The van der Waals surface area contributed by atoms with Crippen LogP contribution in [0.5, 0.6) is 0 Å². The van der Waals surface area contributed by atoms with Crippen LogP contribution in [-0.2, 0) is 20.6 Å². The largest absolute Gasteiger partial charge is 0.294 e. The van der Waals surface area contributed by atoms with Crippen LogP contribution in [0, 0.1) is 11.8 Å². The molecular weight excluding hydrogens is 234 g/mol. The van der Waals surface area contributed by atoms with Gasteiger partial charge in [-0.15, -0.1) is 9.45 Å². The summed E-state index contributed by atoms with van der Waals surface area (Å²) in [6.07, 6.45) is 9.23. The van der Waals surface area contributed by atoms with Crippen LogP contribution in [0.4, 0.5) is 0 Å². The molecular formula is C13H27NS2. The average molecular weight is 262 g/mol. The third kappa shape index (κ3) is 5.24. The van der Waals surface area contributed by atoms with E-state index >= 15 is 0 Å². The number of hydrogen-bond donors (Lipinski definition) is 0. The second-order valence-electron chi connectivity index (χ2n) is 5.76. The van der Waals surface area contributed by atoms with E-state index in [9.17, 15) is 0 Å². The highest BCUT2D eigenvalue weighted by Gasteiger charge is 2.24. The molecule has 1 unspecified atom stereocenters. The van der Waals surface area contributed by atoms with Gasteiger partial charge in [0.1, 0.15) is 0 Å². The van der Waals surface area contributed by atoms with Crippen LogP contribution in [0.15, 0.2) is 0 Å². The Kier molecular flexibility index (Phi) is 6.45. The molecule has 0 radical (unpaired) electrons. The van der Waals surface area contributed by atoms with Gasteiger partial charge in [0.25, 0.3) is 0 Å². The van der Waals surface area contributed by atoms with Gasteiger partial charge >= 0.3 is 0 Å². The fraction of sp³-hybridized carbons (Fsp3) is 1.00. The molecule has 1 nitrogen and oxygen atoms in total. The van der Waals surface area contributed by atoms with Crippen LogP contribution in [0.25, 0.3) is 0 Å². The third-order valence-electron chi connectivity index (χ3n) is 3.63. The summed E-state index contributed by atoms with van der Waals surface area (Å²) in [4.78, 5) is 2.50. The Balaban J connectivity index is 2.28. The Morgan fingerprint density at radius 1 is 1.25 bits per heavy atom. The summed E-state index contributed by atoms with van der Waals surface area (Å²) in [5, 5.41) is 0. The molecule has 0 aromatic carbocycles. The highest BCUT2D eigenvalue weighted by Crippen LogP contribution is 2.31. The first-order valence-electron chi connectivity index (χ1n) is 6.49. The van der Waals surface area contributed by atoms with Crippen molar-refractivity contribution in [2.75, 3.05) is 19.2 Å². The van der Waals surface area contributed by atoms with Crippen molar-refractivity contribution in [3.05, 3.63) is 0 Å². The minimum Gasteiger partial charge on any atom is -0.294 e. The molecule has 0 aromatic rings. The van der Waals surface area contributed by atoms with Gasteiger partial charge in [-0.2, -0.15) is 0 Å². The first-order chi connectivity index (χ1) is 7.49. The van der Waals surface area contributed by atoms with Crippen molar-refractivity contribution in [1.82, 2.24) is 4.90 Å². The molecule has 3 heteroatoms. The minimum atomic E-state index is 0.144. The Morgan fingerprint density at radius 3 is 2.25 bits per heavy atom. The van der Waals surface area contributed by atoms with Crippen molar-refractivity contribution in [2.45, 2.75) is 52.0 Å². The summed E-state index contributed by atoms with van der Waals surface area (Å²) in [5.74, 6) is 2.97. The second-order valence-corrected chi connectivity index (χ2v) is 8.88. The average Bonchev–Trinajstić information content (AvgIpc) is 2.16. The highest BCUT2D eigenvalue weighted by molar-refractivity contribution is 8.28. The van der Waals surface area contributed by atoms with E-state index in [4.69, 9.17) is 11.2 Å². The van der Waals surface area contributed by atoms with Crippen molar-refractivity contribution >= 4 is 20.6 Å². The van der Waals surface area contributed by atoms with Crippen LogP contribution in [0.2, 0.25) is 0 Å². The fourth-order valence-electron chi connectivity index (χ4n) is 2.88. The van der Waals surface area contributed by atoms with Gasteiger partial charge < -0.3 is 0 Å². The summed E-state index contributed by atoms with van der Waals surface area (Å²) in [6.45, 7) is 4.69. The van der Waals surface area contributed by atoms with Crippen molar-refractivity contribution in [2.24, 2.45) is 11.8 Å². The van der Waals surface area contributed by atoms with Gasteiger partial charge in [-0.05, 0) is 57.2 Å². The molecule has 1 atom stereocenters. The summed E-state index contributed by atoms with van der Waals surface area (Å²) < 4.78 is 0. The molecule has 0 saturated heterocycles. The maximum atomic E-state index is 5.29. The lowest BCUT2D eigenvalue weighted by molar-refractivity contribution is 0.175. The molecule has 0 amide bonds. The Labute approximate surface area is 109 Å². The first-order valence-corrected chi connectivity index (χ1v) is 9.22.